The minimum Gasteiger partial charge on any atom is -0.497 e. The number of hydrogen-bond acceptors (Lipinski definition) is 6. The predicted molar refractivity (Wildman–Crippen MR) is 146 cm³/mol. The van der Waals surface area contributed by atoms with Gasteiger partial charge in [-0.05, 0) is 43.7 Å². The molecule has 0 unspecified atom stereocenters. The number of aryl methyl sites for hydroxylation is 1. The fourth-order valence-electron chi connectivity index (χ4n) is 3.84. The normalized spacial score (nSPS) is 11.2. The first-order valence-electron chi connectivity index (χ1n) is 12.5. The highest BCUT2D eigenvalue weighted by Crippen LogP contribution is 2.27. The number of hydrogen-bond donors (Lipinski definition) is 1. The van der Waals surface area contributed by atoms with Crippen molar-refractivity contribution in [3.8, 4) is 11.4 Å². The van der Waals surface area contributed by atoms with Gasteiger partial charge in [0.2, 0.25) is 5.91 Å². The lowest BCUT2D eigenvalue weighted by Crippen LogP contribution is -2.39. The van der Waals surface area contributed by atoms with Crippen molar-refractivity contribution in [3.05, 3.63) is 75.5 Å². The highest BCUT2D eigenvalue weighted by molar-refractivity contribution is 5.99. The molecule has 0 spiro atoms. The third kappa shape index (κ3) is 6.76. The van der Waals surface area contributed by atoms with Gasteiger partial charge in [-0.2, -0.15) is 5.10 Å². The van der Waals surface area contributed by atoms with E-state index < -0.39 is 16.7 Å². The molecule has 0 saturated carbocycles. The lowest BCUT2D eigenvalue weighted by molar-refractivity contribution is -0.385. The number of nitrogens with zero attached hydrogens (tertiary/aromatic N) is 4. The Morgan fingerprint density at radius 3 is 2.39 bits per heavy atom. The summed E-state index contributed by atoms with van der Waals surface area (Å²) in [6.07, 6.45) is 1.50. The number of aromatic nitrogens is 2. The second-order valence-corrected chi connectivity index (χ2v) is 10.2. The number of nitrogens with one attached hydrogen (secondary N) is 1. The molecule has 0 atom stereocenters. The van der Waals surface area contributed by atoms with Crippen LogP contribution in [0.15, 0.2) is 48.5 Å². The average molecular weight is 522 g/mol. The summed E-state index contributed by atoms with van der Waals surface area (Å²) in [5, 5.41) is 19.0. The second-order valence-electron chi connectivity index (χ2n) is 10.2. The Hall–Kier alpha value is -4.21. The molecule has 1 heterocycles. The number of ether oxygens (including phenoxy) is 1. The van der Waals surface area contributed by atoms with Gasteiger partial charge >= 0.3 is 0 Å². The van der Waals surface area contributed by atoms with Crippen molar-refractivity contribution in [2.45, 2.75) is 52.9 Å². The van der Waals surface area contributed by atoms with E-state index >= 15 is 0 Å². The maximum atomic E-state index is 13.3. The van der Waals surface area contributed by atoms with E-state index in [0.717, 1.165) is 17.8 Å². The number of amides is 2. The molecule has 0 bridgehead atoms. The predicted octanol–water partition coefficient (Wildman–Crippen LogP) is 5.28. The monoisotopic (exact) mass is 521 g/mol. The molecule has 0 saturated heterocycles. The van der Waals surface area contributed by atoms with Crippen LogP contribution in [0.25, 0.3) is 5.69 Å². The van der Waals surface area contributed by atoms with Gasteiger partial charge in [-0.3, -0.25) is 19.7 Å². The van der Waals surface area contributed by atoms with Gasteiger partial charge in [0.05, 0.1) is 23.4 Å². The molecule has 1 N–H and O–H groups in total. The molecule has 202 valence electrons. The molecule has 10 heteroatoms. The Labute approximate surface area is 222 Å². The van der Waals surface area contributed by atoms with Gasteiger partial charge in [0, 0.05) is 35.2 Å². The number of nitro benzene ring substituents is 1. The van der Waals surface area contributed by atoms with Crippen molar-refractivity contribution in [1.29, 1.82) is 0 Å². The van der Waals surface area contributed by atoms with Gasteiger partial charge < -0.3 is 15.0 Å². The van der Waals surface area contributed by atoms with Crippen LogP contribution in [0.2, 0.25) is 0 Å². The van der Waals surface area contributed by atoms with E-state index in [9.17, 15) is 19.7 Å². The standard InChI is InChI=1S/C28H35N5O5/c1-7-8-15-31(27(35)20-10-9-19(2)23(16-20)33(36)37)18-26(34)29-25-17-24(28(3,4)5)30-32(25)21-11-13-22(38-6)14-12-21/h9-14,16-17H,7-8,15,18H2,1-6H3,(H,29,34). The van der Waals surface area contributed by atoms with Crippen molar-refractivity contribution in [2.75, 3.05) is 25.5 Å². The quantitative estimate of drug-likeness (QED) is 0.286. The maximum absolute atomic E-state index is 13.3. The summed E-state index contributed by atoms with van der Waals surface area (Å²) in [6.45, 7) is 9.84. The molecule has 1 aromatic heterocycles. The fraction of sp³-hybridized carbons (Fsp3) is 0.393. The van der Waals surface area contributed by atoms with E-state index in [1.165, 1.54) is 11.0 Å². The zero-order valence-electron chi connectivity index (χ0n) is 22.8. The van der Waals surface area contributed by atoms with Gasteiger partial charge in [0.15, 0.2) is 0 Å². The van der Waals surface area contributed by atoms with Crippen LogP contribution >= 0.6 is 0 Å². The topological polar surface area (TPSA) is 120 Å². The molecule has 0 aliphatic carbocycles. The Morgan fingerprint density at radius 2 is 1.82 bits per heavy atom. The van der Waals surface area contributed by atoms with Crippen molar-refractivity contribution < 1.29 is 19.2 Å². The first-order chi connectivity index (χ1) is 17.9. The maximum Gasteiger partial charge on any atom is 0.273 e. The Morgan fingerprint density at radius 1 is 1.13 bits per heavy atom. The smallest absolute Gasteiger partial charge is 0.273 e. The molecule has 2 amide bonds. The Kier molecular flexibility index (Phi) is 8.88. The van der Waals surface area contributed by atoms with Crippen LogP contribution < -0.4 is 10.1 Å². The molecular weight excluding hydrogens is 486 g/mol. The molecule has 3 aromatic rings. The molecule has 38 heavy (non-hydrogen) atoms. The molecule has 0 fully saturated rings. The van der Waals surface area contributed by atoms with Crippen molar-refractivity contribution in [2.24, 2.45) is 0 Å². The summed E-state index contributed by atoms with van der Waals surface area (Å²) in [5.74, 6) is 0.338. The summed E-state index contributed by atoms with van der Waals surface area (Å²) in [4.78, 5) is 38.8. The fourth-order valence-corrected chi connectivity index (χ4v) is 3.84. The number of anilines is 1. The Balaban J connectivity index is 1.88. The number of benzene rings is 2. The summed E-state index contributed by atoms with van der Waals surface area (Å²) in [5.41, 5.74) is 1.77. The number of carbonyl (C=O) groups is 2. The van der Waals surface area contributed by atoms with Crippen LogP contribution in [-0.4, -0.2) is 51.6 Å². The lowest BCUT2D eigenvalue weighted by Gasteiger charge is -2.22. The number of unbranched alkanes of at least 4 members (excludes halogenated alkanes) is 1. The van der Waals surface area contributed by atoms with E-state index in [2.05, 4.69) is 5.32 Å². The van der Waals surface area contributed by atoms with Crippen LogP contribution in [0.5, 0.6) is 5.75 Å². The van der Waals surface area contributed by atoms with Crippen LogP contribution in [0.3, 0.4) is 0 Å². The highest BCUT2D eigenvalue weighted by Gasteiger charge is 2.24. The summed E-state index contributed by atoms with van der Waals surface area (Å²) in [7, 11) is 1.59. The molecule has 10 nitrogen and oxygen atoms in total. The first-order valence-corrected chi connectivity index (χ1v) is 12.5. The van der Waals surface area contributed by atoms with E-state index in [1.54, 1.807) is 30.8 Å². The SMILES string of the molecule is CCCCN(CC(=O)Nc1cc(C(C)(C)C)nn1-c1ccc(OC)cc1)C(=O)c1ccc(C)c([N+](=O)[O-])c1. The third-order valence-electron chi connectivity index (χ3n) is 6.12. The molecule has 0 radical (unpaired) electrons. The average Bonchev–Trinajstić information content (AvgIpc) is 3.30. The van der Waals surface area contributed by atoms with Crippen LogP contribution in [0.1, 0.15) is 62.2 Å². The second kappa shape index (κ2) is 11.9. The summed E-state index contributed by atoms with van der Waals surface area (Å²) in [6, 6.07) is 13.5. The molecule has 2 aromatic carbocycles. The van der Waals surface area contributed by atoms with Gasteiger partial charge in [-0.25, -0.2) is 4.68 Å². The van der Waals surface area contributed by atoms with Gasteiger partial charge in [0.1, 0.15) is 18.1 Å². The van der Waals surface area contributed by atoms with Crippen LogP contribution in [0.4, 0.5) is 11.5 Å². The highest BCUT2D eigenvalue weighted by atomic mass is 16.6. The van der Waals surface area contributed by atoms with Gasteiger partial charge in [0.25, 0.3) is 11.6 Å². The van der Waals surface area contributed by atoms with Crippen molar-refractivity contribution >= 4 is 23.3 Å². The molecule has 3 rings (SSSR count). The Bertz CT molecular complexity index is 1310. The molecule has 0 aliphatic rings. The molecular formula is C28H35N5O5. The van der Waals surface area contributed by atoms with E-state index in [4.69, 9.17) is 9.84 Å². The number of rotatable bonds is 10. The summed E-state index contributed by atoms with van der Waals surface area (Å²) >= 11 is 0. The van der Waals surface area contributed by atoms with Crippen molar-refractivity contribution in [1.82, 2.24) is 14.7 Å². The number of nitro groups is 1. The van der Waals surface area contributed by atoms with Crippen molar-refractivity contribution in [3.63, 3.8) is 0 Å². The molecule has 0 aliphatic heterocycles. The van der Waals surface area contributed by atoms with E-state index in [1.807, 2.05) is 58.0 Å². The van der Waals surface area contributed by atoms with Crippen LogP contribution in [0, 0.1) is 17.0 Å². The lowest BCUT2D eigenvalue weighted by atomic mass is 9.92. The van der Waals surface area contributed by atoms with E-state index in [0.29, 0.717) is 30.1 Å². The van der Waals surface area contributed by atoms with Crippen LogP contribution in [-0.2, 0) is 10.2 Å². The van der Waals surface area contributed by atoms with Gasteiger partial charge in [-0.15, -0.1) is 0 Å². The number of carbonyl (C=O) groups excluding carboxylic acids is 2. The van der Waals surface area contributed by atoms with E-state index in [-0.39, 0.29) is 23.2 Å². The minimum absolute atomic E-state index is 0.131. The number of methoxy groups -OCH3 is 1. The zero-order valence-corrected chi connectivity index (χ0v) is 22.8. The first kappa shape index (κ1) is 28.4. The zero-order chi connectivity index (χ0) is 28.0. The minimum atomic E-state index is -0.512. The summed E-state index contributed by atoms with van der Waals surface area (Å²) < 4.78 is 6.90. The van der Waals surface area contributed by atoms with Gasteiger partial charge in [-0.1, -0.05) is 40.2 Å². The third-order valence-corrected chi connectivity index (χ3v) is 6.12. The largest absolute Gasteiger partial charge is 0.497 e.